The fourth-order valence-electron chi connectivity index (χ4n) is 2.18. The summed E-state index contributed by atoms with van der Waals surface area (Å²) < 4.78 is 15.3. The van der Waals surface area contributed by atoms with Crippen molar-refractivity contribution in [2.45, 2.75) is 26.7 Å². The van der Waals surface area contributed by atoms with E-state index >= 15 is 0 Å². The summed E-state index contributed by atoms with van der Waals surface area (Å²) in [6.07, 6.45) is 1.81. The molecule has 5 heteroatoms. The molecule has 0 spiro atoms. The summed E-state index contributed by atoms with van der Waals surface area (Å²) in [5.41, 5.74) is 9.38. The molecule has 1 heterocycles. The van der Waals surface area contributed by atoms with Gasteiger partial charge in [-0.05, 0) is 50.9 Å². The first-order chi connectivity index (χ1) is 9.04. The fourth-order valence-corrected chi connectivity index (χ4v) is 2.30. The molecule has 2 rings (SSSR count). The highest BCUT2D eigenvalue weighted by atomic mass is 35.5. The molecule has 1 aromatic heterocycles. The van der Waals surface area contributed by atoms with E-state index < -0.39 is 5.82 Å². The lowest BCUT2D eigenvalue weighted by Gasteiger charge is -2.06. The zero-order chi connectivity index (χ0) is 14.0. The van der Waals surface area contributed by atoms with E-state index in [0.717, 1.165) is 24.2 Å². The van der Waals surface area contributed by atoms with Gasteiger partial charge in [-0.3, -0.25) is 0 Å². The van der Waals surface area contributed by atoms with Crippen LogP contribution in [0.5, 0.6) is 0 Å². The molecule has 19 heavy (non-hydrogen) atoms. The fraction of sp³-hybridized carbons (Fsp3) is 0.357. The van der Waals surface area contributed by atoms with Crippen molar-refractivity contribution in [2.24, 2.45) is 5.73 Å². The summed E-state index contributed by atoms with van der Waals surface area (Å²) in [5, 5.41) is 4.59. The van der Waals surface area contributed by atoms with Crippen LogP contribution in [0, 0.1) is 19.7 Å². The second-order valence-electron chi connectivity index (χ2n) is 4.55. The Balaban J connectivity index is 2.42. The van der Waals surface area contributed by atoms with Gasteiger partial charge >= 0.3 is 0 Å². The predicted octanol–water partition coefficient (Wildman–Crippen LogP) is 3.17. The van der Waals surface area contributed by atoms with E-state index in [2.05, 4.69) is 5.10 Å². The normalized spacial score (nSPS) is 11.0. The summed E-state index contributed by atoms with van der Waals surface area (Å²) in [6, 6.07) is 4.70. The Morgan fingerprint density at radius 1 is 1.37 bits per heavy atom. The summed E-state index contributed by atoms with van der Waals surface area (Å²) >= 11 is 5.69. The van der Waals surface area contributed by atoms with E-state index in [0.29, 0.717) is 12.2 Å². The Hall–Kier alpha value is -1.39. The number of hydrogen-bond donors (Lipinski definition) is 1. The van der Waals surface area contributed by atoms with Gasteiger partial charge in [0.2, 0.25) is 0 Å². The number of rotatable bonds is 4. The van der Waals surface area contributed by atoms with Crippen LogP contribution in [0.4, 0.5) is 4.39 Å². The van der Waals surface area contributed by atoms with Gasteiger partial charge < -0.3 is 5.73 Å². The van der Waals surface area contributed by atoms with Crippen molar-refractivity contribution >= 4 is 11.6 Å². The van der Waals surface area contributed by atoms with Crippen LogP contribution in [0.1, 0.15) is 23.4 Å². The van der Waals surface area contributed by atoms with Gasteiger partial charge in [-0.1, -0.05) is 11.6 Å². The molecule has 0 atom stereocenters. The van der Waals surface area contributed by atoms with Crippen LogP contribution in [-0.2, 0) is 6.42 Å². The van der Waals surface area contributed by atoms with Crippen molar-refractivity contribution in [1.29, 1.82) is 0 Å². The maximum atomic E-state index is 13.5. The lowest BCUT2D eigenvalue weighted by atomic mass is 10.1. The zero-order valence-corrected chi connectivity index (χ0v) is 11.8. The van der Waals surface area contributed by atoms with Gasteiger partial charge in [-0.15, -0.1) is 0 Å². The highest BCUT2D eigenvalue weighted by Crippen LogP contribution is 2.22. The van der Waals surface area contributed by atoms with Crippen molar-refractivity contribution < 1.29 is 4.39 Å². The number of halogens is 2. The lowest BCUT2D eigenvalue weighted by Crippen LogP contribution is -2.03. The van der Waals surface area contributed by atoms with E-state index in [1.54, 1.807) is 16.8 Å². The first-order valence-electron chi connectivity index (χ1n) is 6.25. The lowest BCUT2D eigenvalue weighted by molar-refractivity contribution is 0.625. The van der Waals surface area contributed by atoms with E-state index in [1.165, 1.54) is 11.6 Å². The van der Waals surface area contributed by atoms with Crippen molar-refractivity contribution in [1.82, 2.24) is 9.78 Å². The van der Waals surface area contributed by atoms with Gasteiger partial charge in [0.05, 0.1) is 16.4 Å². The predicted molar refractivity (Wildman–Crippen MR) is 75.4 cm³/mol. The SMILES string of the molecule is Cc1nn(-c2ccc(Cl)c(F)c2)c(C)c1CCCN. The Labute approximate surface area is 117 Å². The van der Waals surface area contributed by atoms with Gasteiger partial charge in [0, 0.05) is 11.8 Å². The van der Waals surface area contributed by atoms with Crippen LogP contribution in [0.3, 0.4) is 0 Å². The topological polar surface area (TPSA) is 43.8 Å². The van der Waals surface area contributed by atoms with E-state index in [-0.39, 0.29) is 5.02 Å². The van der Waals surface area contributed by atoms with Crippen molar-refractivity contribution in [3.63, 3.8) is 0 Å². The molecule has 102 valence electrons. The third-order valence-electron chi connectivity index (χ3n) is 3.22. The molecule has 3 nitrogen and oxygen atoms in total. The molecule has 0 amide bonds. The summed E-state index contributed by atoms with van der Waals surface area (Å²) in [4.78, 5) is 0. The molecule has 0 saturated carbocycles. The molecule has 0 unspecified atom stereocenters. The van der Waals surface area contributed by atoms with Crippen LogP contribution in [-0.4, -0.2) is 16.3 Å². The third kappa shape index (κ3) is 2.80. The van der Waals surface area contributed by atoms with E-state index in [1.807, 2.05) is 13.8 Å². The van der Waals surface area contributed by atoms with Crippen molar-refractivity contribution in [3.05, 3.63) is 46.0 Å². The minimum absolute atomic E-state index is 0.119. The standard InChI is InChI=1S/C14H17ClFN3/c1-9-12(4-3-7-17)10(2)19(18-9)11-5-6-13(15)14(16)8-11/h5-6,8H,3-4,7,17H2,1-2H3. The van der Waals surface area contributed by atoms with Gasteiger partial charge in [0.15, 0.2) is 0 Å². The van der Waals surface area contributed by atoms with Gasteiger partial charge in [0.25, 0.3) is 0 Å². The van der Waals surface area contributed by atoms with E-state index in [4.69, 9.17) is 17.3 Å². The second kappa shape index (κ2) is 5.72. The molecule has 0 radical (unpaired) electrons. The highest BCUT2D eigenvalue weighted by molar-refractivity contribution is 6.30. The maximum absolute atomic E-state index is 13.5. The molecule has 0 saturated heterocycles. The van der Waals surface area contributed by atoms with E-state index in [9.17, 15) is 4.39 Å². The summed E-state index contributed by atoms with van der Waals surface area (Å²) in [5.74, 6) is -0.435. The monoisotopic (exact) mass is 281 g/mol. The van der Waals surface area contributed by atoms with Crippen LogP contribution >= 0.6 is 11.6 Å². The van der Waals surface area contributed by atoms with Gasteiger partial charge in [0.1, 0.15) is 5.82 Å². The molecule has 2 N–H and O–H groups in total. The summed E-state index contributed by atoms with van der Waals surface area (Å²) in [7, 11) is 0. The number of aryl methyl sites for hydroxylation is 1. The number of hydrogen-bond acceptors (Lipinski definition) is 2. The number of nitrogens with two attached hydrogens (primary N) is 1. The molecular weight excluding hydrogens is 265 g/mol. The Morgan fingerprint density at radius 2 is 2.11 bits per heavy atom. The number of benzene rings is 1. The summed E-state index contributed by atoms with van der Waals surface area (Å²) in [6.45, 7) is 4.60. The minimum Gasteiger partial charge on any atom is -0.330 e. The molecule has 0 fully saturated rings. The zero-order valence-electron chi connectivity index (χ0n) is 11.1. The Kier molecular flexibility index (Phi) is 4.22. The van der Waals surface area contributed by atoms with Crippen LogP contribution in [0.25, 0.3) is 5.69 Å². The first kappa shape index (κ1) is 14.0. The van der Waals surface area contributed by atoms with Gasteiger partial charge in [-0.25, -0.2) is 9.07 Å². The molecule has 0 bridgehead atoms. The molecule has 1 aromatic carbocycles. The van der Waals surface area contributed by atoms with Crippen molar-refractivity contribution in [2.75, 3.05) is 6.54 Å². The third-order valence-corrected chi connectivity index (χ3v) is 3.53. The van der Waals surface area contributed by atoms with Crippen LogP contribution in [0.2, 0.25) is 5.02 Å². The van der Waals surface area contributed by atoms with Crippen LogP contribution in [0.15, 0.2) is 18.2 Å². The van der Waals surface area contributed by atoms with Crippen LogP contribution < -0.4 is 5.73 Å². The molecule has 2 aromatic rings. The smallest absolute Gasteiger partial charge is 0.143 e. The highest BCUT2D eigenvalue weighted by Gasteiger charge is 2.13. The maximum Gasteiger partial charge on any atom is 0.143 e. The average molecular weight is 282 g/mol. The van der Waals surface area contributed by atoms with Crippen molar-refractivity contribution in [3.8, 4) is 5.69 Å². The average Bonchev–Trinajstić information content (AvgIpc) is 2.66. The first-order valence-corrected chi connectivity index (χ1v) is 6.63. The number of aromatic nitrogens is 2. The Bertz CT molecular complexity index is 593. The second-order valence-corrected chi connectivity index (χ2v) is 4.96. The Morgan fingerprint density at radius 3 is 2.74 bits per heavy atom. The molecule has 0 aliphatic rings. The molecule has 0 aliphatic heterocycles. The molecular formula is C14H17ClFN3. The number of nitrogens with zero attached hydrogens (tertiary/aromatic N) is 2. The quantitative estimate of drug-likeness (QED) is 0.935. The minimum atomic E-state index is -0.435. The molecule has 0 aliphatic carbocycles. The largest absolute Gasteiger partial charge is 0.330 e. The van der Waals surface area contributed by atoms with Gasteiger partial charge in [-0.2, -0.15) is 5.10 Å².